The van der Waals surface area contributed by atoms with Crippen molar-refractivity contribution in [2.45, 2.75) is 34.6 Å². The lowest BCUT2D eigenvalue weighted by Crippen LogP contribution is -2.31. The molecule has 3 rings (SSSR count). The van der Waals surface area contributed by atoms with E-state index in [9.17, 15) is 14.4 Å². The summed E-state index contributed by atoms with van der Waals surface area (Å²) in [4.78, 5) is 36.6. The van der Waals surface area contributed by atoms with Gasteiger partial charge in [0.25, 0.3) is 11.8 Å². The first-order valence-electron chi connectivity index (χ1n) is 10.3. The molecule has 1 aromatic heterocycles. The summed E-state index contributed by atoms with van der Waals surface area (Å²) in [5.74, 6) is -0.638. The number of carbonyl (C=O) groups excluding carboxylic acids is 3. The van der Waals surface area contributed by atoms with Crippen LogP contribution in [0.15, 0.2) is 53.1 Å². The van der Waals surface area contributed by atoms with Crippen LogP contribution < -0.4 is 10.6 Å². The Morgan fingerprint density at radius 2 is 1.69 bits per heavy atom. The van der Waals surface area contributed by atoms with Crippen LogP contribution in [-0.2, 0) is 0 Å². The van der Waals surface area contributed by atoms with Crippen LogP contribution in [0.4, 0.5) is 5.69 Å². The molecule has 7 nitrogen and oxygen atoms in total. The number of amides is 2. The Hall–Kier alpha value is -3.74. The molecule has 0 aliphatic carbocycles. The van der Waals surface area contributed by atoms with Gasteiger partial charge in [0.15, 0.2) is 5.78 Å². The van der Waals surface area contributed by atoms with Crippen molar-refractivity contribution in [3.63, 3.8) is 0 Å². The molecule has 2 N–H and O–H groups in total. The summed E-state index contributed by atoms with van der Waals surface area (Å²) in [7, 11) is 0. The first kappa shape index (κ1) is 22.9. The van der Waals surface area contributed by atoms with Gasteiger partial charge in [0.1, 0.15) is 5.69 Å². The molecule has 0 fully saturated rings. The highest BCUT2D eigenvalue weighted by Gasteiger charge is 2.18. The van der Waals surface area contributed by atoms with E-state index in [1.54, 1.807) is 42.5 Å². The Labute approximate surface area is 187 Å². The summed E-state index contributed by atoms with van der Waals surface area (Å²) in [6.45, 7) is 9.95. The largest absolute Gasteiger partial charge is 0.350 e. The normalized spacial score (nSPS) is 11.2. The van der Waals surface area contributed by atoms with Gasteiger partial charge in [-0.25, -0.2) is 0 Å². The van der Waals surface area contributed by atoms with Gasteiger partial charge in [-0.1, -0.05) is 44.1 Å². The second kappa shape index (κ2) is 9.18. The molecule has 0 saturated heterocycles. The number of anilines is 1. The molecular weight excluding hydrogens is 406 g/mol. The highest BCUT2D eigenvalue weighted by molar-refractivity contribution is 6.06. The van der Waals surface area contributed by atoms with Crippen molar-refractivity contribution in [2.24, 2.45) is 5.41 Å². The van der Waals surface area contributed by atoms with Crippen molar-refractivity contribution in [2.75, 3.05) is 11.9 Å². The van der Waals surface area contributed by atoms with Crippen LogP contribution >= 0.6 is 0 Å². The molecule has 0 spiro atoms. The number of rotatable bonds is 6. The van der Waals surface area contributed by atoms with E-state index in [4.69, 9.17) is 4.52 Å². The fourth-order valence-corrected chi connectivity index (χ4v) is 3.00. The molecule has 0 aliphatic heterocycles. The molecule has 0 aliphatic rings. The third-order valence-corrected chi connectivity index (χ3v) is 4.82. The van der Waals surface area contributed by atoms with Crippen LogP contribution in [0.3, 0.4) is 0 Å². The van der Waals surface area contributed by atoms with Gasteiger partial charge < -0.3 is 15.2 Å². The van der Waals surface area contributed by atoms with E-state index in [1.807, 2.05) is 33.8 Å². The fourth-order valence-electron chi connectivity index (χ4n) is 3.00. The summed E-state index contributed by atoms with van der Waals surface area (Å²) in [5.41, 5.74) is 3.52. The molecule has 0 atom stereocenters. The highest BCUT2D eigenvalue weighted by Crippen LogP contribution is 2.27. The summed E-state index contributed by atoms with van der Waals surface area (Å²) in [5, 5.41) is 9.71. The maximum Gasteiger partial charge on any atom is 0.289 e. The summed E-state index contributed by atoms with van der Waals surface area (Å²) >= 11 is 0. The predicted molar refractivity (Wildman–Crippen MR) is 123 cm³/mol. The lowest BCUT2D eigenvalue weighted by atomic mass is 9.97. The van der Waals surface area contributed by atoms with Crippen molar-refractivity contribution in [1.82, 2.24) is 10.5 Å². The van der Waals surface area contributed by atoms with Gasteiger partial charge in [-0.15, -0.1) is 0 Å². The van der Waals surface area contributed by atoms with Crippen molar-refractivity contribution < 1.29 is 18.9 Å². The number of Topliss-reactive ketones (excluding diaryl/α,β-unsaturated/α-hetero) is 1. The molecule has 2 aromatic carbocycles. The third-order valence-electron chi connectivity index (χ3n) is 4.82. The van der Waals surface area contributed by atoms with Crippen LogP contribution in [0.2, 0.25) is 0 Å². The van der Waals surface area contributed by atoms with E-state index in [-0.39, 0.29) is 28.8 Å². The fraction of sp³-hybridized carbons (Fsp3) is 0.280. The molecule has 7 heteroatoms. The molecule has 32 heavy (non-hydrogen) atoms. The smallest absolute Gasteiger partial charge is 0.289 e. The average molecular weight is 434 g/mol. The number of ketones is 1. The Kier molecular flexibility index (Phi) is 6.58. The molecule has 0 unspecified atom stereocenters. The number of carbonyl (C=O) groups is 3. The Balaban J connectivity index is 1.79. The molecular formula is C25H27N3O4. The van der Waals surface area contributed by atoms with Gasteiger partial charge in [-0.2, -0.15) is 0 Å². The average Bonchev–Trinajstić information content (AvgIpc) is 3.23. The monoisotopic (exact) mass is 433 g/mol. The number of hydrogen-bond acceptors (Lipinski definition) is 5. The van der Waals surface area contributed by atoms with Crippen molar-refractivity contribution in [1.29, 1.82) is 0 Å². The Morgan fingerprint density at radius 3 is 2.38 bits per heavy atom. The standard InChI is InChI=1S/C25H27N3O4/c1-15-9-10-19(27-23(30)18-8-6-7-17(11-18)16(2)29)12-20(15)21-13-22(32-28-21)24(31)26-14-25(3,4)5/h6-13H,14H2,1-5H3,(H,26,31)(H,27,30). The van der Waals surface area contributed by atoms with Gasteiger partial charge in [0, 0.05) is 35.0 Å². The third kappa shape index (κ3) is 5.69. The molecule has 0 saturated carbocycles. The molecule has 166 valence electrons. The minimum Gasteiger partial charge on any atom is -0.350 e. The number of aryl methyl sites for hydroxylation is 1. The molecule has 0 radical (unpaired) electrons. The SMILES string of the molecule is CC(=O)c1cccc(C(=O)Nc2ccc(C)c(-c3cc(C(=O)NCC(C)(C)C)on3)c2)c1. The van der Waals surface area contributed by atoms with Gasteiger partial charge in [0.2, 0.25) is 5.76 Å². The van der Waals surface area contributed by atoms with Gasteiger partial charge in [-0.05, 0) is 49.1 Å². The first-order valence-corrected chi connectivity index (χ1v) is 10.3. The zero-order valence-electron chi connectivity index (χ0n) is 18.9. The summed E-state index contributed by atoms with van der Waals surface area (Å²) in [6, 6.07) is 13.5. The van der Waals surface area contributed by atoms with Crippen LogP contribution in [0, 0.1) is 12.3 Å². The molecule has 0 bridgehead atoms. The second-order valence-electron chi connectivity index (χ2n) is 8.94. The van der Waals surface area contributed by atoms with E-state index in [0.717, 1.165) is 11.1 Å². The first-order chi connectivity index (χ1) is 15.0. The molecule has 1 heterocycles. The topological polar surface area (TPSA) is 101 Å². The minimum absolute atomic E-state index is 0.0500. The quantitative estimate of drug-likeness (QED) is 0.540. The van der Waals surface area contributed by atoms with E-state index < -0.39 is 0 Å². The number of benzene rings is 2. The number of aromatic nitrogens is 1. The summed E-state index contributed by atoms with van der Waals surface area (Å²) < 4.78 is 5.25. The maximum atomic E-state index is 12.7. The van der Waals surface area contributed by atoms with Crippen LogP contribution in [0.1, 0.15) is 64.5 Å². The van der Waals surface area contributed by atoms with E-state index in [0.29, 0.717) is 29.1 Å². The second-order valence-corrected chi connectivity index (χ2v) is 8.94. The van der Waals surface area contributed by atoms with E-state index in [2.05, 4.69) is 15.8 Å². The van der Waals surface area contributed by atoms with Crippen LogP contribution in [0.25, 0.3) is 11.3 Å². The van der Waals surface area contributed by atoms with Crippen molar-refractivity contribution >= 4 is 23.3 Å². The number of nitrogens with zero attached hydrogens (tertiary/aromatic N) is 1. The van der Waals surface area contributed by atoms with Gasteiger partial charge in [-0.3, -0.25) is 14.4 Å². The zero-order chi connectivity index (χ0) is 23.5. The Bertz CT molecular complexity index is 1170. The Morgan fingerprint density at radius 1 is 0.969 bits per heavy atom. The number of nitrogens with one attached hydrogen (secondary N) is 2. The summed E-state index contributed by atoms with van der Waals surface area (Å²) in [6.07, 6.45) is 0. The predicted octanol–water partition coefficient (Wildman–Crippen LogP) is 4.88. The highest BCUT2D eigenvalue weighted by atomic mass is 16.5. The van der Waals surface area contributed by atoms with Crippen LogP contribution in [-0.4, -0.2) is 29.3 Å². The van der Waals surface area contributed by atoms with Crippen molar-refractivity contribution in [3.8, 4) is 11.3 Å². The molecule has 3 aromatic rings. The van der Waals surface area contributed by atoms with Gasteiger partial charge >= 0.3 is 0 Å². The van der Waals surface area contributed by atoms with E-state index >= 15 is 0 Å². The van der Waals surface area contributed by atoms with Crippen molar-refractivity contribution in [3.05, 3.63) is 71.0 Å². The molecule has 2 amide bonds. The maximum absolute atomic E-state index is 12.7. The minimum atomic E-state index is -0.328. The van der Waals surface area contributed by atoms with E-state index in [1.165, 1.54) is 6.92 Å². The zero-order valence-corrected chi connectivity index (χ0v) is 18.9. The lowest BCUT2D eigenvalue weighted by molar-refractivity contribution is 0.0901. The van der Waals surface area contributed by atoms with Crippen LogP contribution in [0.5, 0.6) is 0 Å². The lowest BCUT2D eigenvalue weighted by Gasteiger charge is -2.17. The number of hydrogen-bond donors (Lipinski definition) is 2. The van der Waals surface area contributed by atoms with Gasteiger partial charge in [0.05, 0.1) is 0 Å².